The van der Waals surface area contributed by atoms with Crippen LogP contribution in [0.3, 0.4) is 0 Å². The first-order valence-electron chi connectivity index (χ1n) is 7.97. The molecule has 0 aromatic carbocycles. The van der Waals surface area contributed by atoms with Gasteiger partial charge in [-0.05, 0) is 12.8 Å². The number of nitrogens with zero attached hydrogens (tertiary/aromatic N) is 4. The normalized spacial score (nSPS) is 17.3. The van der Waals surface area contributed by atoms with Gasteiger partial charge < -0.3 is 14.2 Å². The molecule has 4 heterocycles. The molecule has 1 aliphatic heterocycles. The lowest BCUT2D eigenvalue weighted by molar-refractivity contribution is 0.181. The van der Waals surface area contributed by atoms with Crippen LogP contribution in [0.2, 0.25) is 0 Å². The Hall–Kier alpha value is -2.52. The number of anilines is 1. The maximum absolute atomic E-state index is 11.9. The van der Waals surface area contributed by atoms with Crippen LogP contribution >= 0.6 is 11.3 Å². The van der Waals surface area contributed by atoms with Crippen molar-refractivity contribution in [1.82, 2.24) is 20.1 Å². The van der Waals surface area contributed by atoms with Gasteiger partial charge in [0.1, 0.15) is 10.7 Å². The van der Waals surface area contributed by atoms with E-state index in [2.05, 4.69) is 20.1 Å². The summed E-state index contributed by atoms with van der Waals surface area (Å²) >= 11 is 1.52. The first-order chi connectivity index (χ1) is 12.2. The molecule has 1 N–H and O–H groups in total. The minimum absolute atomic E-state index is 0.0119. The van der Waals surface area contributed by atoms with Crippen molar-refractivity contribution < 1.29 is 9.26 Å². The zero-order valence-electron chi connectivity index (χ0n) is 13.6. The van der Waals surface area contributed by atoms with Gasteiger partial charge in [0.2, 0.25) is 5.95 Å². The Labute approximate surface area is 147 Å². The van der Waals surface area contributed by atoms with Gasteiger partial charge in [0, 0.05) is 37.4 Å². The number of aromatic amines is 1. The highest BCUT2D eigenvalue weighted by molar-refractivity contribution is 7.13. The van der Waals surface area contributed by atoms with Crippen LogP contribution in [0.4, 0.5) is 5.95 Å². The number of H-pyrrole nitrogens is 1. The third-order valence-electron chi connectivity index (χ3n) is 4.11. The van der Waals surface area contributed by atoms with E-state index >= 15 is 0 Å². The molecular weight excluding hydrogens is 342 g/mol. The van der Waals surface area contributed by atoms with Crippen LogP contribution < -0.4 is 10.5 Å². The quantitative estimate of drug-likeness (QED) is 0.747. The van der Waals surface area contributed by atoms with Gasteiger partial charge in [0.05, 0.1) is 18.3 Å². The molecule has 3 aromatic rings. The third kappa shape index (κ3) is 3.20. The van der Waals surface area contributed by atoms with E-state index < -0.39 is 0 Å². The number of rotatable bonds is 5. The Balaban J connectivity index is 1.64. The molecule has 0 saturated carbocycles. The second-order valence-corrected chi connectivity index (χ2v) is 6.69. The van der Waals surface area contributed by atoms with Crippen LogP contribution in [0.15, 0.2) is 33.0 Å². The molecule has 1 fully saturated rings. The fourth-order valence-corrected chi connectivity index (χ4v) is 3.65. The summed E-state index contributed by atoms with van der Waals surface area (Å²) in [6.45, 7) is 1.09. The summed E-state index contributed by atoms with van der Waals surface area (Å²) < 4.78 is 10.7. The molecule has 9 heteroatoms. The standard InChI is InChI=1S/C16H17N5O3S/c1-23-9-10-7-14(22)19-16(18-10)21-5-2-3-12(21)13-8-11(20-24-13)15-17-4-6-25-15/h4,6-8,12H,2-3,5,9H2,1H3,(H,18,19,22). The van der Waals surface area contributed by atoms with E-state index in [0.717, 1.165) is 35.8 Å². The zero-order chi connectivity index (χ0) is 17.2. The third-order valence-corrected chi connectivity index (χ3v) is 4.90. The van der Waals surface area contributed by atoms with Crippen LogP contribution in [-0.4, -0.2) is 33.8 Å². The number of hydrogen-bond acceptors (Lipinski definition) is 8. The maximum Gasteiger partial charge on any atom is 0.252 e. The molecule has 130 valence electrons. The SMILES string of the molecule is COCc1cc(=O)[nH]c(N2CCCC2c2cc(-c3nccs3)no2)n1. The molecule has 0 aliphatic carbocycles. The van der Waals surface area contributed by atoms with Crippen molar-refractivity contribution in [1.29, 1.82) is 0 Å². The molecule has 3 aromatic heterocycles. The minimum atomic E-state index is -0.191. The molecule has 0 amide bonds. The molecule has 1 atom stereocenters. The Morgan fingerprint density at radius 1 is 1.48 bits per heavy atom. The number of hydrogen-bond donors (Lipinski definition) is 1. The fourth-order valence-electron chi connectivity index (χ4n) is 3.06. The van der Waals surface area contributed by atoms with Crippen molar-refractivity contribution in [2.45, 2.75) is 25.5 Å². The Bertz CT molecular complexity index is 905. The topological polar surface area (TPSA) is 97.1 Å². The predicted molar refractivity (Wildman–Crippen MR) is 92.5 cm³/mol. The van der Waals surface area contributed by atoms with Crippen LogP contribution in [-0.2, 0) is 11.3 Å². The second kappa shape index (κ2) is 6.77. The number of aromatic nitrogens is 4. The van der Waals surface area contributed by atoms with Crippen molar-refractivity contribution in [2.75, 3.05) is 18.6 Å². The number of nitrogens with one attached hydrogen (secondary N) is 1. The van der Waals surface area contributed by atoms with E-state index in [9.17, 15) is 4.79 Å². The van der Waals surface area contributed by atoms with Crippen molar-refractivity contribution >= 4 is 17.3 Å². The lowest BCUT2D eigenvalue weighted by Gasteiger charge is -2.23. The monoisotopic (exact) mass is 359 g/mol. The number of ether oxygens (including phenoxy) is 1. The van der Waals surface area contributed by atoms with Gasteiger partial charge in [0.15, 0.2) is 5.76 Å². The molecule has 0 spiro atoms. The van der Waals surface area contributed by atoms with Crippen LogP contribution in [0.5, 0.6) is 0 Å². The highest BCUT2D eigenvalue weighted by Crippen LogP contribution is 2.36. The molecule has 1 aliphatic rings. The van der Waals surface area contributed by atoms with E-state index in [4.69, 9.17) is 9.26 Å². The minimum Gasteiger partial charge on any atom is -0.378 e. The molecular formula is C16H17N5O3S. The molecule has 1 saturated heterocycles. The van der Waals surface area contributed by atoms with Gasteiger partial charge in [-0.1, -0.05) is 5.16 Å². The van der Waals surface area contributed by atoms with Gasteiger partial charge in [-0.3, -0.25) is 9.78 Å². The summed E-state index contributed by atoms with van der Waals surface area (Å²) in [4.78, 5) is 25.6. The average Bonchev–Trinajstić information content (AvgIpc) is 3.34. The van der Waals surface area contributed by atoms with Gasteiger partial charge >= 0.3 is 0 Å². The lowest BCUT2D eigenvalue weighted by Crippen LogP contribution is -2.27. The van der Waals surface area contributed by atoms with E-state index in [0.29, 0.717) is 18.2 Å². The molecule has 4 rings (SSSR count). The van der Waals surface area contributed by atoms with E-state index in [1.54, 1.807) is 13.3 Å². The largest absolute Gasteiger partial charge is 0.378 e. The van der Waals surface area contributed by atoms with Crippen LogP contribution in [0, 0.1) is 0 Å². The summed E-state index contributed by atoms with van der Waals surface area (Å²) in [5.74, 6) is 1.29. The summed E-state index contributed by atoms with van der Waals surface area (Å²) in [5, 5.41) is 6.86. The molecule has 0 bridgehead atoms. The first-order valence-corrected chi connectivity index (χ1v) is 8.85. The fraction of sp³-hybridized carbons (Fsp3) is 0.375. The summed E-state index contributed by atoms with van der Waals surface area (Å²) in [6, 6.07) is 3.36. The zero-order valence-corrected chi connectivity index (χ0v) is 14.5. The van der Waals surface area contributed by atoms with Crippen LogP contribution in [0.25, 0.3) is 10.7 Å². The Morgan fingerprint density at radius 2 is 2.40 bits per heavy atom. The molecule has 25 heavy (non-hydrogen) atoms. The van der Waals surface area contributed by atoms with Crippen LogP contribution in [0.1, 0.15) is 30.3 Å². The Kier molecular flexibility index (Phi) is 4.33. The predicted octanol–water partition coefficient (Wildman–Crippen LogP) is 2.37. The van der Waals surface area contributed by atoms with Gasteiger partial charge in [-0.2, -0.15) is 0 Å². The molecule has 0 radical (unpaired) electrons. The van der Waals surface area contributed by atoms with E-state index in [1.165, 1.54) is 17.4 Å². The smallest absolute Gasteiger partial charge is 0.252 e. The van der Waals surface area contributed by atoms with Crippen molar-refractivity contribution in [2.24, 2.45) is 0 Å². The molecule has 8 nitrogen and oxygen atoms in total. The van der Waals surface area contributed by atoms with Gasteiger partial charge in [-0.25, -0.2) is 9.97 Å². The highest BCUT2D eigenvalue weighted by Gasteiger charge is 2.31. The van der Waals surface area contributed by atoms with Gasteiger partial charge in [-0.15, -0.1) is 11.3 Å². The molecule has 1 unspecified atom stereocenters. The summed E-state index contributed by atoms with van der Waals surface area (Å²) in [7, 11) is 1.58. The van der Waals surface area contributed by atoms with E-state index in [1.807, 2.05) is 16.3 Å². The number of thiazole rings is 1. The highest BCUT2D eigenvalue weighted by atomic mass is 32.1. The van der Waals surface area contributed by atoms with Crippen molar-refractivity contribution in [3.8, 4) is 10.7 Å². The first kappa shape index (κ1) is 16.0. The van der Waals surface area contributed by atoms with Gasteiger partial charge in [0.25, 0.3) is 5.56 Å². The summed E-state index contributed by atoms with van der Waals surface area (Å²) in [6.07, 6.45) is 3.63. The second-order valence-electron chi connectivity index (χ2n) is 5.80. The number of methoxy groups -OCH3 is 1. The maximum atomic E-state index is 11.9. The van der Waals surface area contributed by atoms with E-state index in [-0.39, 0.29) is 11.6 Å². The van der Waals surface area contributed by atoms with Crippen molar-refractivity contribution in [3.05, 3.63) is 45.5 Å². The summed E-state index contributed by atoms with van der Waals surface area (Å²) in [5.41, 5.74) is 1.14. The average molecular weight is 359 g/mol. The Morgan fingerprint density at radius 3 is 3.20 bits per heavy atom. The van der Waals surface area contributed by atoms with Crippen molar-refractivity contribution in [3.63, 3.8) is 0 Å². The lowest BCUT2D eigenvalue weighted by atomic mass is 10.1.